The standard InChI is InChI=1S/C17H22Si/c1-16(2)10-8-9-14-18(3,4)15-13-17-11-6-5-7-12-17/h5-7,11-12,16H,8,10H2,1-4H3. The Kier molecular flexibility index (Phi) is 5.76. The first kappa shape index (κ1) is 14.6. The molecule has 0 atom stereocenters. The quantitative estimate of drug-likeness (QED) is 0.546. The van der Waals surface area contributed by atoms with Crippen LogP contribution in [-0.4, -0.2) is 8.07 Å². The van der Waals surface area contributed by atoms with Crippen LogP contribution in [0.25, 0.3) is 0 Å². The highest BCUT2D eigenvalue weighted by Crippen LogP contribution is 2.04. The largest absolute Gasteiger partial charge is 0.211 e. The van der Waals surface area contributed by atoms with Gasteiger partial charge in [-0.05, 0) is 37.6 Å². The van der Waals surface area contributed by atoms with E-state index in [-0.39, 0.29) is 0 Å². The van der Waals surface area contributed by atoms with Crippen molar-refractivity contribution in [3.05, 3.63) is 35.9 Å². The van der Waals surface area contributed by atoms with Crippen molar-refractivity contribution in [3.8, 4) is 22.9 Å². The summed E-state index contributed by atoms with van der Waals surface area (Å²) in [5.74, 6) is 7.28. The van der Waals surface area contributed by atoms with Gasteiger partial charge in [0.15, 0.2) is 0 Å². The van der Waals surface area contributed by atoms with Crippen LogP contribution in [0.2, 0.25) is 13.1 Å². The molecule has 1 aromatic rings. The van der Waals surface area contributed by atoms with Crippen molar-refractivity contribution in [2.45, 2.75) is 39.8 Å². The van der Waals surface area contributed by atoms with Gasteiger partial charge in [0.05, 0.1) is 0 Å². The Morgan fingerprint density at radius 3 is 2.33 bits per heavy atom. The van der Waals surface area contributed by atoms with E-state index >= 15 is 0 Å². The molecule has 0 radical (unpaired) electrons. The van der Waals surface area contributed by atoms with Crippen LogP contribution in [-0.2, 0) is 0 Å². The summed E-state index contributed by atoms with van der Waals surface area (Å²) in [5, 5.41) is 0. The van der Waals surface area contributed by atoms with Gasteiger partial charge < -0.3 is 0 Å². The third-order valence-corrected chi connectivity index (χ3v) is 4.09. The zero-order chi connectivity index (χ0) is 13.4. The first-order chi connectivity index (χ1) is 8.49. The van der Waals surface area contributed by atoms with Gasteiger partial charge in [-0.1, -0.05) is 38.0 Å². The first-order valence-electron chi connectivity index (χ1n) is 6.58. The molecule has 0 unspecified atom stereocenters. The van der Waals surface area contributed by atoms with Crippen molar-refractivity contribution >= 4 is 8.07 Å². The van der Waals surface area contributed by atoms with E-state index in [4.69, 9.17) is 0 Å². The second-order valence-electron chi connectivity index (χ2n) is 5.48. The maximum absolute atomic E-state index is 3.40. The van der Waals surface area contributed by atoms with Gasteiger partial charge in [0.1, 0.15) is 0 Å². The third kappa shape index (κ3) is 6.33. The van der Waals surface area contributed by atoms with Crippen LogP contribution in [0.1, 0.15) is 32.3 Å². The van der Waals surface area contributed by atoms with Crippen LogP contribution in [0.15, 0.2) is 30.3 Å². The van der Waals surface area contributed by atoms with E-state index in [0.29, 0.717) is 0 Å². The van der Waals surface area contributed by atoms with Crippen molar-refractivity contribution < 1.29 is 0 Å². The first-order valence-corrected chi connectivity index (χ1v) is 9.58. The molecule has 0 heterocycles. The van der Waals surface area contributed by atoms with Gasteiger partial charge in [-0.2, -0.15) is 0 Å². The number of benzene rings is 1. The number of hydrogen-bond acceptors (Lipinski definition) is 0. The summed E-state index contributed by atoms with van der Waals surface area (Å²) in [4.78, 5) is 0. The Morgan fingerprint density at radius 1 is 1.06 bits per heavy atom. The predicted octanol–water partition coefficient (Wildman–Crippen LogP) is 4.26. The Hall–Kier alpha value is -1.44. The molecule has 1 aromatic carbocycles. The predicted molar refractivity (Wildman–Crippen MR) is 82.7 cm³/mol. The lowest BCUT2D eigenvalue weighted by atomic mass is 10.1. The van der Waals surface area contributed by atoms with Crippen LogP contribution >= 0.6 is 0 Å². The fourth-order valence-corrected chi connectivity index (χ4v) is 2.51. The maximum Gasteiger partial charge on any atom is 0.211 e. The minimum Gasteiger partial charge on any atom is -0.116 e. The summed E-state index contributed by atoms with van der Waals surface area (Å²) in [6, 6.07) is 10.1. The number of rotatable bonds is 2. The van der Waals surface area contributed by atoms with Gasteiger partial charge in [0.2, 0.25) is 8.07 Å². The van der Waals surface area contributed by atoms with Crippen molar-refractivity contribution in [3.63, 3.8) is 0 Å². The van der Waals surface area contributed by atoms with E-state index in [2.05, 4.69) is 49.9 Å². The average Bonchev–Trinajstić information content (AvgIpc) is 2.34. The van der Waals surface area contributed by atoms with Crippen LogP contribution in [0.4, 0.5) is 0 Å². The smallest absolute Gasteiger partial charge is 0.116 e. The fourth-order valence-electron chi connectivity index (χ4n) is 1.43. The molecule has 0 nitrogen and oxygen atoms in total. The highest BCUT2D eigenvalue weighted by Gasteiger charge is 2.13. The van der Waals surface area contributed by atoms with E-state index in [1.807, 2.05) is 30.3 Å². The Morgan fingerprint density at radius 2 is 1.72 bits per heavy atom. The lowest BCUT2D eigenvalue weighted by Gasteiger charge is -2.04. The van der Waals surface area contributed by atoms with Gasteiger partial charge in [0.25, 0.3) is 0 Å². The second-order valence-corrected chi connectivity index (χ2v) is 9.23. The molecule has 94 valence electrons. The Balaban J connectivity index is 2.62. The van der Waals surface area contributed by atoms with E-state index < -0.39 is 8.07 Å². The Bertz CT molecular complexity index is 475. The minimum atomic E-state index is -1.68. The van der Waals surface area contributed by atoms with E-state index in [1.54, 1.807) is 0 Å². The molecule has 0 aromatic heterocycles. The van der Waals surface area contributed by atoms with Gasteiger partial charge in [0, 0.05) is 12.0 Å². The fraction of sp³-hybridized carbons (Fsp3) is 0.412. The van der Waals surface area contributed by atoms with Crippen molar-refractivity contribution in [1.82, 2.24) is 0 Å². The zero-order valence-electron chi connectivity index (χ0n) is 11.9. The summed E-state index contributed by atoms with van der Waals surface area (Å²) < 4.78 is 0. The van der Waals surface area contributed by atoms with Crippen LogP contribution in [0, 0.1) is 28.8 Å². The maximum atomic E-state index is 3.40. The minimum absolute atomic E-state index is 0.736. The molecule has 18 heavy (non-hydrogen) atoms. The molecule has 1 rings (SSSR count). The van der Waals surface area contributed by atoms with Gasteiger partial charge >= 0.3 is 0 Å². The molecule has 0 aliphatic rings. The van der Waals surface area contributed by atoms with E-state index in [0.717, 1.165) is 17.9 Å². The SMILES string of the molecule is CC(C)CCC#C[Si](C)(C)C#Cc1ccccc1. The van der Waals surface area contributed by atoms with Gasteiger partial charge in [-0.15, -0.1) is 17.0 Å². The molecule has 0 saturated carbocycles. The third-order valence-electron chi connectivity index (χ3n) is 2.54. The molecule has 0 amide bonds. The lowest BCUT2D eigenvalue weighted by molar-refractivity contribution is 0.600. The summed E-state index contributed by atoms with van der Waals surface area (Å²) in [6.45, 7) is 8.90. The summed E-state index contributed by atoms with van der Waals surface area (Å²) in [7, 11) is -1.68. The molecule has 0 bridgehead atoms. The van der Waals surface area contributed by atoms with Crippen molar-refractivity contribution in [2.24, 2.45) is 5.92 Å². The molecule has 0 saturated heterocycles. The summed E-state index contributed by atoms with van der Waals surface area (Å²) in [5.41, 5.74) is 7.86. The molecule has 0 aliphatic carbocycles. The van der Waals surface area contributed by atoms with E-state index in [1.165, 1.54) is 6.42 Å². The van der Waals surface area contributed by atoms with Crippen LogP contribution in [0.3, 0.4) is 0 Å². The second kappa shape index (κ2) is 7.09. The topological polar surface area (TPSA) is 0 Å². The van der Waals surface area contributed by atoms with Gasteiger partial charge in [-0.25, -0.2) is 0 Å². The monoisotopic (exact) mass is 254 g/mol. The van der Waals surface area contributed by atoms with Crippen molar-refractivity contribution in [1.29, 1.82) is 0 Å². The zero-order valence-corrected chi connectivity index (χ0v) is 12.9. The van der Waals surface area contributed by atoms with Crippen LogP contribution in [0.5, 0.6) is 0 Å². The highest BCUT2D eigenvalue weighted by atomic mass is 28.3. The normalized spacial score (nSPS) is 10.3. The Labute approximate surface area is 113 Å². The molecule has 1 heteroatoms. The molecular formula is C17H22Si. The molecule has 0 aliphatic heterocycles. The number of hydrogen-bond donors (Lipinski definition) is 0. The molecule has 0 spiro atoms. The van der Waals surface area contributed by atoms with Crippen molar-refractivity contribution in [2.75, 3.05) is 0 Å². The highest BCUT2D eigenvalue weighted by molar-refractivity contribution is 6.92. The summed E-state index contributed by atoms with van der Waals surface area (Å²) in [6.07, 6.45) is 2.19. The molecule has 0 fully saturated rings. The average molecular weight is 254 g/mol. The lowest BCUT2D eigenvalue weighted by Crippen LogP contribution is -2.20. The van der Waals surface area contributed by atoms with E-state index in [9.17, 15) is 0 Å². The summed E-state index contributed by atoms with van der Waals surface area (Å²) >= 11 is 0. The molecular weight excluding hydrogens is 232 g/mol. The molecule has 0 N–H and O–H groups in total. The van der Waals surface area contributed by atoms with Crippen LogP contribution < -0.4 is 0 Å². The van der Waals surface area contributed by atoms with Gasteiger partial charge in [-0.3, -0.25) is 0 Å².